The number of benzene rings is 2. The molecule has 0 saturated heterocycles. The van der Waals surface area contributed by atoms with Gasteiger partial charge in [0.1, 0.15) is 0 Å². The van der Waals surface area contributed by atoms with E-state index in [0.717, 1.165) is 6.42 Å². The van der Waals surface area contributed by atoms with E-state index in [4.69, 9.17) is 0 Å². The maximum absolute atomic E-state index is 2.24. The van der Waals surface area contributed by atoms with Crippen LogP contribution in [0.2, 0.25) is 0 Å². The number of fused-ring (bicyclic) bond motifs is 2. The Morgan fingerprint density at radius 1 is 0.812 bits per heavy atom. The molecule has 2 heteroatoms. The molecule has 1 heterocycles. The van der Waals surface area contributed by atoms with Gasteiger partial charge in [-0.25, -0.2) is 0 Å². The number of hydrogen-bond donors (Lipinski definition) is 0. The minimum absolute atomic E-state index is 1.11. The molecule has 0 fully saturated rings. The predicted molar refractivity (Wildman–Crippen MR) is 70.5 cm³/mol. The van der Waals surface area contributed by atoms with Crippen LogP contribution in [0.4, 0.5) is 0 Å². The third kappa shape index (κ3) is 1.66. The van der Waals surface area contributed by atoms with Crippen LogP contribution in [0.25, 0.3) is 0 Å². The summed E-state index contributed by atoms with van der Waals surface area (Å²) in [5.41, 5.74) is 1.46. The lowest BCUT2D eigenvalue weighted by Gasteiger charge is -2.20. The van der Waals surface area contributed by atoms with Gasteiger partial charge < -0.3 is 0 Å². The molecule has 0 aliphatic carbocycles. The van der Waals surface area contributed by atoms with Gasteiger partial charge in [0.05, 0.1) is 0 Å². The van der Waals surface area contributed by atoms with Crippen molar-refractivity contribution < 1.29 is 0 Å². The molecule has 2 aromatic carbocycles. The maximum Gasteiger partial charge on any atom is 0.0294 e. The van der Waals surface area contributed by atoms with Crippen molar-refractivity contribution >= 4 is 23.5 Å². The van der Waals surface area contributed by atoms with Gasteiger partial charge in [0, 0.05) is 19.6 Å². The monoisotopic (exact) mass is 244 g/mol. The van der Waals surface area contributed by atoms with Crippen LogP contribution in [0, 0.1) is 0 Å². The second-order valence-corrected chi connectivity index (χ2v) is 5.88. The van der Waals surface area contributed by atoms with Crippen LogP contribution in [0.5, 0.6) is 0 Å². The first-order chi connectivity index (χ1) is 7.88. The van der Waals surface area contributed by atoms with E-state index in [-0.39, 0.29) is 0 Å². The van der Waals surface area contributed by atoms with Crippen molar-refractivity contribution in [1.29, 1.82) is 0 Å². The van der Waals surface area contributed by atoms with Crippen molar-refractivity contribution in [3.63, 3.8) is 0 Å². The normalized spacial score (nSPS) is 13.1. The fraction of sp³-hybridized carbons (Fsp3) is 0.143. The highest BCUT2D eigenvalue weighted by Gasteiger charge is 2.18. The second kappa shape index (κ2) is 4.19. The summed E-state index contributed by atoms with van der Waals surface area (Å²) in [5, 5.41) is 0. The summed E-state index contributed by atoms with van der Waals surface area (Å²) in [6, 6.07) is 15.3. The van der Waals surface area contributed by atoms with Crippen molar-refractivity contribution in [3.8, 4) is 0 Å². The van der Waals surface area contributed by atoms with Gasteiger partial charge in [-0.15, -0.1) is 0 Å². The average Bonchev–Trinajstić information content (AvgIpc) is 2.35. The van der Waals surface area contributed by atoms with Gasteiger partial charge in [-0.05, 0) is 30.2 Å². The zero-order valence-electron chi connectivity index (χ0n) is 9.07. The summed E-state index contributed by atoms with van der Waals surface area (Å²) in [4.78, 5) is 5.63. The quantitative estimate of drug-likeness (QED) is 0.599. The van der Waals surface area contributed by atoms with E-state index in [1.807, 2.05) is 23.5 Å². The third-order valence-electron chi connectivity index (χ3n) is 2.72. The van der Waals surface area contributed by atoms with Crippen LogP contribution < -0.4 is 0 Å². The van der Waals surface area contributed by atoms with E-state index >= 15 is 0 Å². The highest BCUT2D eigenvalue weighted by molar-refractivity contribution is 8.05. The molecule has 0 N–H and O–H groups in total. The molecule has 0 bridgehead atoms. The summed E-state index contributed by atoms with van der Waals surface area (Å²) >= 11 is 3.80. The molecule has 1 aliphatic heterocycles. The molecule has 0 saturated carbocycles. The van der Waals surface area contributed by atoms with Gasteiger partial charge in [0.2, 0.25) is 0 Å². The van der Waals surface area contributed by atoms with Crippen molar-refractivity contribution in [1.82, 2.24) is 0 Å². The van der Waals surface area contributed by atoms with E-state index < -0.39 is 0 Å². The van der Waals surface area contributed by atoms with Crippen LogP contribution >= 0.6 is 23.5 Å². The molecule has 3 rings (SSSR count). The molecule has 0 nitrogen and oxygen atoms in total. The molecule has 1 aliphatic rings. The van der Waals surface area contributed by atoms with Crippen molar-refractivity contribution in [2.75, 3.05) is 0 Å². The molecule has 0 unspecified atom stereocenters. The molecule has 0 spiro atoms. The largest absolute Gasteiger partial charge is 0.0877 e. The summed E-state index contributed by atoms with van der Waals surface area (Å²) < 4.78 is 0. The smallest absolute Gasteiger partial charge is 0.0294 e. The highest BCUT2D eigenvalue weighted by Crippen LogP contribution is 2.49. The van der Waals surface area contributed by atoms with Crippen molar-refractivity contribution in [2.24, 2.45) is 0 Å². The summed E-state index contributed by atoms with van der Waals surface area (Å²) in [6.07, 6.45) is 1.11. The average molecular weight is 244 g/mol. The van der Waals surface area contributed by atoms with Crippen molar-refractivity contribution in [2.45, 2.75) is 32.9 Å². The Balaban J connectivity index is 2.12. The fourth-order valence-corrected chi connectivity index (χ4v) is 4.35. The van der Waals surface area contributed by atoms with E-state index in [9.17, 15) is 0 Å². The van der Waals surface area contributed by atoms with E-state index in [0.29, 0.717) is 0 Å². The predicted octanol–water partition coefficient (Wildman–Crippen LogP) is 4.86. The lowest BCUT2D eigenvalue weighted by molar-refractivity contribution is 1.02. The zero-order chi connectivity index (χ0) is 11.0. The molecule has 0 radical (unpaired) electrons. The fourth-order valence-electron chi connectivity index (χ4n) is 1.88. The first-order valence-electron chi connectivity index (χ1n) is 5.45. The lowest BCUT2D eigenvalue weighted by atomic mass is 10.2. The summed E-state index contributed by atoms with van der Waals surface area (Å²) in [6.45, 7) is 2.22. The van der Waals surface area contributed by atoms with Crippen LogP contribution in [0.15, 0.2) is 62.0 Å². The minimum atomic E-state index is 1.11. The first kappa shape index (κ1) is 10.3. The van der Waals surface area contributed by atoms with E-state index in [1.165, 1.54) is 25.1 Å². The molecular formula is C14H12S2. The van der Waals surface area contributed by atoms with Crippen LogP contribution in [0.1, 0.15) is 12.5 Å². The number of aryl methyl sites for hydroxylation is 1. The maximum atomic E-state index is 2.24. The number of hydrogen-bond acceptors (Lipinski definition) is 2. The number of rotatable bonds is 1. The van der Waals surface area contributed by atoms with Gasteiger partial charge in [0.15, 0.2) is 0 Å². The molecule has 0 atom stereocenters. The Hall–Kier alpha value is -0.860. The van der Waals surface area contributed by atoms with E-state index in [1.54, 1.807) is 0 Å². The SMILES string of the molecule is CCc1cccc2c1Sc1ccccc1S2. The Morgan fingerprint density at radius 3 is 2.25 bits per heavy atom. The van der Waals surface area contributed by atoms with Gasteiger partial charge in [-0.1, -0.05) is 54.7 Å². The zero-order valence-corrected chi connectivity index (χ0v) is 10.7. The second-order valence-electron chi connectivity index (χ2n) is 3.75. The Bertz CT molecular complexity index is 532. The summed E-state index contributed by atoms with van der Waals surface area (Å²) in [5.74, 6) is 0. The Kier molecular flexibility index (Phi) is 2.70. The first-order valence-corrected chi connectivity index (χ1v) is 7.08. The molecule has 0 aromatic heterocycles. The third-order valence-corrected chi connectivity index (χ3v) is 5.38. The molecule has 2 aromatic rings. The molecule has 16 heavy (non-hydrogen) atoms. The lowest BCUT2D eigenvalue weighted by Crippen LogP contribution is -1.93. The Labute approximate surface area is 104 Å². The molecular weight excluding hydrogens is 232 g/mol. The summed E-state index contributed by atoms with van der Waals surface area (Å²) in [7, 11) is 0. The van der Waals surface area contributed by atoms with Crippen molar-refractivity contribution in [3.05, 3.63) is 48.0 Å². The van der Waals surface area contributed by atoms with Crippen LogP contribution in [-0.4, -0.2) is 0 Å². The van der Waals surface area contributed by atoms with Crippen LogP contribution in [-0.2, 0) is 6.42 Å². The van der Waals surface area contributed by atoms with Gasteiger partial charge >= 0.3 is 0 Å². The molecule has 0 amide bonds. The van der Waals surface area contributed by atoms with Crippen LogP contribution in [0.3, 0.4) is 0 Å². The van der Waals surface area contributed by atoms with Gasteiger partial charge in [0.25, 0.3) is 0 Å². The standard InChI is InChI=1S/C14H12S2/c1-2-10-6-5-9-13-14(10)16-12-8-4-3-7-11(12)15-13/h3-9H,2H2,1H3. The molecule has 80 valence electrons. The highest BCUT2D eigenvalue weighted by atomic mass is 32.2. The van der Waals surface area contributed by atoms with Gasteiger partial charge in [-0.2, -0.15) is 0 Å². The minimum Gasteiger partial charge on any atom is -0.0877 e. The van der Waals surface area contributed by atoms with Gasteiger partial charge in [-0.3, -0.25) is 0 Å². The topological polar surface area (TPSA) is 0 Å². The Morgan fingerprint density at radius 2 is 1.50 bits per heavy atom. The van der Waals surface area contributed by atoms with E-state index in [2.05, 4.69) is 49.4 Å².